The van der Waals surface area contributed by atoms with Gasteiger partial charge in [-0.15, -0.1) is 0 Å². The number of nitrogens with two attached hydrogens (primary N) is 1. The minimum atomic E-state index is -0.479. The van der Waals surface area contributed by atoms with Gasteiger partial charge in [0.2, 0.25) is 0 Å². The molecule has 0 radical (unpaired) electrons. The van der Waals surface area contributed by atoms with Crippen molar-refractivity contribution in [2.45, 2.75) is 52.5 Å². The third kappa shape index (κ3) is 3.75. The van der Waals surface area contributed by atoms with Crippen LogP contribution in [0.3, 0.4) is 0 Å². The highest BCUT2D eigenvalue weighted by atomic mass is 16.5. The number of para-hydroxylation sites is 2. The zero-order valence-corrected chi connectivity index (χ0v) is 16.5. The van der Waals surface area contributed by atoms with E-state index in [1.807, 2.05) is 28.8 Å². The molecule has 3 aromatic rings. The fraction of sp³-hybridized carbons (Fsp3) is 0.476. The van der Waals surface area contributed by atoms with E-state index in [0.717, 1.165) is 23.9 Å². The standard InChI is InChI=1S/C21H28N4O2/c1-13(2)9-5-6-10-14(3)25-19(22)17(21(26)27-4)18-20(25)24-16-12-8-7-11-15(16)23-18/h7-8,11-14H,5-6,9-10,22H2,1-4H3/t14-/m1/s1. The number of methoxy groups -OCH3 is 1. The Morgan fingerprint density at radius 3 is 2.37 bits per heavy atom. The van der Waals surface area contributed by atoms with Gasteiger partial charge in [-0.3, -0.25) is 0 Å². The van der Waals surface area contributed by atoms with Crippen molar-refractivity contribution in [3.63, 3.8) is 0 Å². The Morgan fingerprint density at radius 1 is 1.11 bits per heavy atom. The molecule has 0 amide bonds. The van der Waals surface area contributed by atoms with E-state index in [9.17, 15) is 4.79 Å². The van der Waals surface area contributed by atoms with Crippen LogP contribution in [0.4, 0.5) is 5.82 Å². The molecule has 1 aromatic carbocycles. The van der Waals surface area contributed by atoms with Crippen LogP contribution in [-0.4, -0.2) is 27.6 Å². The highest BCUT2D eigenvalue weighted by Gasteiger charge is 2.26. The summed E-state index contributed by atoms with van der Waals surface area (Å²) in [5.41, 5.74) is 9.36. The number of carbonyl (C=O) groups excluding carboxylic acids is 1. The molecular formula is C21H28N4O2. The van der Waals surface area contributed by atoms with Crippen LogP contribution in [0.2, 0.25) is 0 Å². The van der Waals surface area contributed by atoms with E-state index in [2.05, 4.69) is 25.8 Å². The quantitative estimate of drug-likeness (QED) is 0.481. The lowest BCUT2D eigenvalue weighted by Crippen LogP contribution is -2.11. The Hall–Kier alpha value is -2.63. The zero-order valence-electron chi connectivity index (χ0n) is 16.5. The number of nitrogens with zero attached hydrogens (tertiary/aromatic N) is 3. The fourth-order valence-corrected chi connectivity index (χ4v) is 3.55. The number of hydrogen-bond donors (Lipinski definition) is 1. The van der Waals surface area contributed by atoms with Crippen molar-refractivity contribution in [1.82, 2.24) is 14.5 Å². The number of fused-ring (bicyclic) bond motifs is 2. The predicted octanol–water partition coefficient (Wildman–Crippen LogP) is 4.73. The topological polar surface area (TPSA) is 83.0 Å². The van der Waals surface area contributed by atoms with Gasteiger partial charge in [0.1, 0.15) is 16.9 Å². The second-order valence-electron chi connectivity index (χ2n) is 7.53. The van der Waals surface area contributed by atoms with Gasteiger partial charge in [-0.2, -0.15) is 0 Å². The highest BCUT2D eigenvalue weighted by Crippen LogP contribution is 2.33. The van der Waals surface area contributed by atoms with Gasteiger partial charge in [0.15, 0.2) is 5.65 Å². The molecule has 0 aliphatic rings. The first-order chi connectivity index (χ1) is 12.9. The maximum Gasteiger partial charge on any atom is 0.343 e. The summed E-state index contributed by atoms with van der Waals surface area (Å²) in [6.07, 6.45) is 4.47. The molecule has 0 spiro atoms. The number of nitrogen functional groups attached to an aromatic ring is 1. The van der Waals surface area contributed by atoms with Gasteiger partial charge in [0, 0.05) is 6.04 Å². The summed E-state index contributed by atoms with van der Waals surface area (Å²) >= 11 is 0. The first-order valence-electron chi connectivity index (χ1n) is 9.58. The average molecular weight is 368 g/mol. The van der Waals surface area contributed by atoms with Crippen LogP contribution in [0.5, 0.6) is 0 Å². The summed E-state index contributed by atoms with van der Waals surface area (Å²) in [5, 5.41) is 0. The lowest BCUT2D eigenvalue weighted by atomic mass is 10.0. The number of unbranched alkanes of at least 4 members (excludes halogenated alkanes) is 1. The van der Waals surface area contributed by atoms with Crippen LogP contribution in [0, 0.1) is 5.92 Å². The Labute approximate surface area is 159 Å². The molecule has 0 fully saturated rings. The molecule has 27 heavy (non-hydrogen) atoms. The molecule has 2 N–H and O–H groups in total. The van der Waals surface area contributed by atoms with E-state index in [1.54, 1.807) is 0 Å². The number of anilines is 1. The van der Waals surface area contributed by atoms with Crippen molar-refractivity contribution >= 4 is 34.0 Å². The summed E-state index contributed by atoms with van der Waals surface area (Å²) in [6.45, 7) is 6.59. The fourth-order valence-electron chi connectivity index (χ4n) is 3.55. The molecule has 0 saturated heterocycles. The number of benzene rings is 1. The van der Waals surface area contributed by atoms with Crippen molar-refractivity contribution in [3.05, 3.63) is 29.8 Å². The summed E-state index contributed by atoms with van der Waals surface area (Å²) in [6, 6.07) is 7.74. The van der Waals surface area contributed by atoms with Crippen LogP contribution in [-0.2, 0) is 4.74 Å². The zero-order chi connectivity index (χ0) is 19.6. The van der Waals surface area contributed by atoms with Crippen molar-refractivity contribution in [2.75, 3.05) is 12.8 Å². The molecule has 6 heteroatoms. The van der Waals surface area contributed by atoms with Crippen LogP contribution < -0.4 is 5.73 Å². The summed E-state index contributed by atoms with van der Waals surface area (Å²) < 4.78 is 6.90. The third-order valence-corrected chi connectivity index (χ3v) is 5.02. The van der Waals surface area contributed by atoms with E-state index in [0.29, 0.717) is 28.5 Å². The van der Waals surface area contributed by atoms with Gasteiger partial charge in [0.05, 0.1) is 18.1 Å². The first-order valence-corrected chi connectivity index (χ1v) is 9.58. The van der Waals surface area contributed by atoms with E-state index in [4.69, 9.17) is 15.5 Å². The van der Waals surface area contributed by atoms with Gasteiger partial charge < -0.3 is 15.0 Å². The van der Waals surface area contributed by atoms with Gasteiger partial charge in [-0.1, -0.05) is 45.2 Å². The molecule has 6 nitrogen and oxygen atoms in total. The summed E-state index contributed by atoms with van der Waals surface area (Å²) in [4.78, 5) is 21.8. The largest absolute Gasteiger partial charge is 0.465 e. The van der Waals surface area contributed by atoms with E-state index < -0.39 is 5.97 Å². The van der Waals surface area contributed by atoms with Crippen molar-refractivity contribution in [3.8, 4) is 0 Å². The Morgan fingerprint density at radius 2 is 1.74 bits per heavy atom. The number of esters is 1. The number of ether oxygens (including phenoxy) is 1. The molecule has 0 bridgehead atoms. The number of rotatable bonds is 7. The Kier molecular flexibility index (Phi) is 5.63. The third-order valence-electron chi connectivity index (χ3n) is 5.02. The minimum absolute atomic E-state index is 0.119. The molecule has 2 heterocycles. The lowest BCUT2D eigenvalue weighted by molar-refractivity contribution is 0.0604. The van der Waals surface area contributed by atoms with E-state index >= 15 is 0 Å². The molecule has 0 aliphatic heterocycles. The van der Waals surface area contributed by atoms with Gasteiger partial charge in [0.25, 0.3) is 0 Å². The predicted molar refractivity (Wildman–Crippen MR) is 109 cm³/mol. The van der Waals surface area contributed by atoms with Crippen molar-refractivity contribution < 1.29 is 9.53 Å². The van der Waals surface area contributed by atoms with E-state index in [1.165, 1.54) is 20.0 Å². The van der Waals surface area contributed by atoms with Crippen LogP contribution >= 0.6 is 0 Å². The molecule has 144 valence electrons. The summed E-state index contributed by atoms with van der Waals surface area (Å²) in [5.74, 6) is 0.609. The Balaban J connectivity index is 2.06. The monoisotopic (exact) mass is 368 g/mol. The SMILES string of the molecule is COC(=O)c1c(N)n([C@H](C)CCCCC(C)C)c2nc3ccccc3nc12. The van der Waals surface area contributed by atoms with Crippen LogP contribution in [0.25, 0.3) is 22.2 Å². The van der Waals surface area contributed by atoms with Gasteiger partial charge in [-0.25, -0.2) is 14.8 Å². The molecule has 0 aliphatic carbocycles. The maximum atomic E-state index is 12.4. The van der Waals surface area contributed by atoms with Gasteiger partial charge >= 0.3 is 5.97 Å². The summed E-state index contributed by atoms with van der Waals surface area (Å²) in [7, 11) is 1.36. The lowest BCUT2D eigenvalue weighted by Gasteiger charge is -2.17. The van der Waals surface area contributed by atoms with E-state index in [-0.39, 0.29) is 6.04 Å². The second kappa shape index (κ2) is 7.94. The molecular weight excluding hydrogens is 340 g/mol. The normalized spacial score (nSPS) is 12.8. The molecule has 0 unspecified atom stereocenters. The first kappa shape index (κ1) is 19.1. The maximum absolute atomic E-state index is 12.4. The molecule has 2 aromatic heterocycles. The Bertz CT molecular complexity index is 962. The number of aromatic nitrogens is 3. The minimum Gasteiger partial charge on any atom is -0.465 e. The second-order valence-corrected chi connectivity index (χ2v) is 7.53. The highest BCUT2D eigenvalue weighted by molar-refractivity contribution is 6.08. The van der Waals surface area contributed by atoms with Crippen LogP contribution in [0.15, 0.2) is 24.3 Å². The molecule has 3 rings (SSSR count). The van der Waals surface area contributed by atoms with Crippen molar-refractivity contribution in [2.24, 2.45) is 5.92 Å². The molecule has 0 saturated carbocycles. The number of carbonyl (C=O) groups is 1. The smallest absolute Gasteiger partial charge is 0.343 e. The van der Waals surface area contributed by atoms with Crippen LogP contribution in [0.1, 0.15) is 62.9 Å². The average Bonchev–Trinajstić information content (AvgIpc) is 2.93. The number of hydrogen-bond acceptors (Lipinski definition) is 5. The van der Waals surface area contributed by atoms with Gasteiger partial charge in [-0.05, 0) is 31.4 Å². The van der Waals surface area contributed by atoms with Crippen molar-refractivity contribution in [1.29, 1.82) is 0 Å². The molecule has 1 atom stereocenters.